The van der Waals surface area contributed by atoms with Gasteiger partial charge in [-0.05, 0) is 96.2 Å². The summed E-state index contributed by atoms with van der Waals surface area (Å²) in [5, 5.41) is 58.8. The summed E-state index contributed by atoms with van der Waals surface area (Å²) < 4.78 is 73.1. The molecular weight excluding hydrogens is 872 g/mol. The van der Waals surface area contributed by atoms with Gasteiger partial charge in [-0.3, -0.25) is 20.0 Å². The maximum Gasteiger partial charge on any atom is 1.00 e. The fourth-order valence-electron chi connectivity index (χ4n) is 4.70. The monoisotopic (exact) mass is 892 g/mol. The standard InChI is InChI=1S/C34H24N6O14S2.4Na/c41-29-13-9-23(15-27(29)33(43)44)36-35-21-5-7-22(8-6-21)37-39(47)25-11-3-19(31(17-25)55(49,50)51)1-2-20-4-12-26(18-32(20)56(52,53)54)40(48)38-24-10-14-30(42)28(16-24)34(45)46;;;;/h1-18,47-48H,(H,43,44)(H,45,46)(H,49,50,51)(H,52,53,54);;;;/q;4*+1/p-4/b2-1+,35-21?,36-23-,37-22?,38-24-;;;;. The molecule has 0 saturated carbocycles. The molecule has 0 saturated heterocycles. The van der Waals surface area contributed by atoms with Gasteiger partial charge in [-0.25, -0.2) is 16.8 Å². The molecule has 0 atom stereocenters. The second-order valence-corrected chi connectivity index (χ2v) is 13.8. The van der Waals surface area contributed by atoms with Gasteiger partial charge < -0.3 is 28.9 Å². The molecule has 3 aliphatic carbocycles. The maximum atomic E-state index is 12.2. The SMILES string of the molecule is O=C([O-])C1=C/C(=N\N=C2C=CC(=NN(O)c3ccc(/C=C/c4ccc(N(O)/N=C5/C=CC(=O)C(C(=O)[O-])=C5)cc4S(=O)(=O)[O-])c(S(=O)(=O)[O-])c3)C=C2)C=CC1=O.[Na+].[Na+].[Na+].[Na+]. The number of ketones is 2. The van der Waals surface area contributed by atoms with Crippen molar-refractivity contribution in [2.45, 2.75) is 9.79 Å². The fourth-order valence-corrected chi connectivity index (χ4v) is 6.08. The minimum Gasteiger partial charge on any atom is -0.744 e. The molecule has 0 bridgehead atoms. The summed E-state index contributed by atoms with van der Waals surface area (Å²) in [6, 6.07) is 5.81. The number of anilines is 2. The molecule has 2 aromatic carbocycles. The van der Waals surface area contributed by atoms with E-state index in [1.54, 1.807) is 0 Å². The quantitative estimate of drug-likeness (QED) is 0.0528. The number of hydrogen-bond acceptors (Lipinski definition) is 20. The van der Waals surface area contributed by atoms with Crippen molar-refractivity contribution in [3.63, 3.8) is 0 Å². The van der Waals surface area contributed by atoms with E-state index in [0.717, 1.165) is 72.9 Å². The van der Waals surface area contributed by atoms with Gasteiger partial charge in [0.05, 0.1) is 56.0 Å². The number of carbonyl (C=O) groups is 4. The first-order valence-electron chi connectivity index (χ1n) is 15.2. The van der Waals surface area contributed by atoms with Crippen LogP contribution in [0, 0.1) is 0 Å². The van der Waals surface area contributed by atoms with Crippen LogP contribution in [0.15, 0.2) is 139 Å². The van der Waals surface area contributed by atoms with Crippen molar-refractivity contribution in [2.24, 2.45) is 20.4 Å². The Morgan fingerprint density at radius 3 is 1.32 bits per heavy atom. The zero-order valence-electron chi connectivity index (χ0n) is 31.7. The number of hydrazone groups is 2. The predicted molar refractivity (Wildman–Crippen MR) is 189 cm³/mol. The summed E-state index contributed by atoms with van der Waals surface area (Å²) >= 11 is 0. The Morgan fingerprint density at radius 1 is 0.550 bits per heavy atom. The number of aliphatic carboxylic acids is 2. The number of carboxylic acid groups (broad SMARTS) is 2. The van der Waals surface area contributed by atoms with E-state index in [4.69, 9.17) is 0 Å². The predicted octanol–water partition coefficient (Wildman–Crippen LogP) is -12.7. The Labute approximate surface area is 428 Å². The molecule has 20 nitrogen and oxygen atoms in total. The molecule has 0 amide bonds. The van der Waals surface area contributed by atoms with Gasteiger partial charge >= 0.3 is 118 Å². The second kappa shape index (κ2) is 23.4. The van der Waals surface area contributed by atoms with Gasteiger partial charge in [0.2, 0.25) is 0 Å². The fraction of sp³-hybridized carbons (Fsp3) is 0. The summed E-state index contributed by atoms with van der Waals surface area (Å²) in [6.07, 6.45) is 13.4. The molecular formula is C34H20N6Na4O14S2. The number of carboxylic acids is 2. The molecule has 60 heavy (non-hydrogen) atoms. The summed E-state index contributed by atoms with van der Waals surface area (Å²) in [5.74, 6) is -5.15. The molecule has 0 aliphatic heterocycles. The number of allylic oxidation sites excluding steroid dienone is 10. The number of benzene rings is 2. The molecule has 0 aromatic heterocycles. The largest absolute Gasteiger partial charge is 1.00 e. The second-order valence-electron chi connectivity index (χ2n) is 11.1. The van der Waals surface area contributed by atoms with Crippen molar-refractivity contribution in [3.8, 4) is 0 Å². The van der Waals surface area contributed by atoms with Gasteiger partial charge in [0.15, 0.2) is 11.6 Å². The van der Waals surface area contributed by atoms with Crippen LogP contribution in [0.2, 0.25) is 0 Å². The van der Waals surface area contributed by atoms with E-state index in [2.05, 4.69) is 20.4 Å². The van der Waals surface area contributed by atoms with Crippen LogP contribution >= 0.6 is 0 Å². The van der Waals surface area contributed by atoms with Crippen molar-refractivity contribution < 1.29 is 184 Å². The molecule has 286 valence electrons. The average Bonchev–Trinajstić information content (AvgIpc) is 3.13. The normalized spacial score (nSPS) is 15.9. The Bertz CT molecular complexity index is 2670. The minimum atomic E-state index is -5.28. The van der Waals surface area contributed by atoms with Crippen LogP contribution in [0.25, 0.3) is 12.2 Å². The maximum absolute atomic E-state index is 12.2. The molecule has 2 N–H and O–H groups in total. The number of nitrogens with zero attached hydrogens (tertiary/aromatic N) is 6. The van der Waals surface area contributed by atoms with E-state index < -0.39 is 70.4 Å². The Hall–Kier alpha value is -3.08. The van der Waals surface area contributed by atoms with Crippen molar-refractivity contribution in [3.05, 3.63) is 119 Å². The molecule has 0 radical (unpaired) electrons. The van der Waals surface area contributed by atoms with E-state index in [-0.39, 0.29) is 168 Å². The van der Waals surface area contributed by atoms with Gasteiger partial charge in [0.1, 0.15) is 20.2 Å². The van der Waals surface area contributed by atoms with Crippen LogP contribution < -0.4 is 139 Å². The van der Waals surface area contributed by atoms with Gasteiger partial charge in [-0.1, -0.05) is 24.3 Å². The topological polar surface area (TPSA) is 325 Å². The molecule has 0 fully saturated rings. The molecule has 0 unspecified atom stereocenters. The summed E-state index contributed by atoms with van der Waals surface area (Å²) in [4.78, 5) is 43.6. The smallest absolute Gasteiger partial charge is 0.744 e. The van der Waals surface area contributed by atoms with Crippen molar-refractivity contribution in [1.29, 1.82) is 0 Å². The number of carbonyl (C=O) groups excluding carboxylic acids is 4. The summed E-state index contributed by atoms with van der Waals surface area (Å²) in [7, 11) is -10.5. The van der Waals surface area contributed by atoms with Crippen LogP contribution in [0.5, 0.6) is 0 Å². The molecule has 5 rings (SSSR count). The van der Waals surface area contributed by atoms with E-state index in [1.165, 1.54) is 30.4 Å². The van der Waals surface area contributed by atoms with E-state index in [9.17, 15) is 65.7 Å². The van der Waals surface area contributed by atoms with Crippen LogP contribution in [0.1, 0.15) is 11.1 Å². The summed E-state index contributed by atoms with van der Waals surface area (Å²) in [6.45, 7) is 0. The molecule has 0 heterocycles. The first-order chi connectivity index (χ1) is 26.3. The minimum absolute atomic E-state index is 0. The molecule has 0 spiro atoms. The third-order valence-electron chi connectivity index (χ3n) is 7.35. The van der Waals surface area contributed by atoms with Crippen molar-refractivity contribution in [2.75, 3.05) is 10.3 Å². The van der Waals surface area contributed by atoms with Gasteiger partial charge in [-0.2, -0.15) is 10.2 Å². The van der Waals surface area contributed by atoms with Crippen LogP contribution in [-0.4, -0.2) is 82.7 Å². The van der Waals surface area contributed by atoms with Crippen LogP contribution in [0.4, 0.5) is 11.4 Å². The summed E-state index contributed by atoms with van der Waals surface area (Å²) in [5.41, 5.74) is -2.55. The van der Waals surface area contributed by atoms with Crippen LogP contribution in [-0.2, 0) is 39.4 Å². The van der Waals surface area contributed by atoms with Crippen LogP contribution in [0.3, 0.4) is 0 Å². The first kappa shape index (κ1) is 54.9. The third-order valence-corrected chi connectivity index (χ3v) is 9.14. The zero-order chi connectivity index (χ0) is 40.9. The Morgan fingerprint density at radius 2 is 0.900 bits per heavy atom. The average molecular weight is 893 g/mol. The van der Waals surface area contributed by atoms with Gasteiger partial charge in [0.25, 0.3) is 0 Å². The Balaban J connectivity index is 0.00000450. The third kappa shape index (κ3) is 14.5. The number of rotatable bonds is 11. The van der Waals surface area contributed by atoms with Gasteiger partial charge in [0, 0.05) is 11.1 Å². The number of hydrogen-bond donors (Lipinski definition) is 2. The van der Waals surface area contributed by atoms with Crippen molar-refractivity contribution in [1.82, 2.24) is 0 Å². The molecule has 2 aromatic rings. The van der Waals surface area contributed by atoms with Crippen molar-refractivity contribution >= 4 is 90.1 Å². The molecule has 26 heteroatoms. The van der Waals surface area contributed by atoms with E-state index >= 15 is 0 Å². The first-order valence-corrected chi connectivity index (χ1v) is 18.0. The van der Waals surface area contributed by atoms with Gasteiger partial charge in [-0.15, -0.1) is 20.5 Å². The zero-order valence-corrected chi connectivity index (χ0v) is 41.3. The Kier molecular flexibility index (Phi) is 21.4. The van der Waals surface area contributed by atoms with E-state index in [1.807, 2.05) is 0 Å². The van der Waals surface area contributed by atoms with E-state index in [0.29, 0.717) is 6.07 Å². The molecule has 3 aliphatic rings.